The Morgan fingerprint density at radius 1 is 1.20 bits per heavy atom. The van der Waals surface area contributed by atoms with Crippen LogP contribution in [0.15, 0.2) is 22.7 Å². The van der Waals surface area contributed by atoms with E-state index in [1.54, 1.807) is 0 Å². The quantitative estimate of drug-likeness (QED) is 0.792. The van der Waals surface area contributed by atoms with Gasteiger partial charge in [0.2, 0.25) is 0 Å². The molecule has 2 fully saturated rings. The second-order valence-corrected chi connectivity index (χ2v) is 6.90. The fourth-order valence-electron chi connectivity index (χ4n) is 3.76. The smallest absolute Gasteiger partial charge is 0.256 e. The van der Waals surface area contributed by atoms with Gasteiger partial charge in [-0.05, 0) is 49.8 Å². The first-order chi connectivity index (χ1) is 9.66. The van der Waals surface area contributed by atoms with E-state index in [9.17, 15) is 4.79 Å². The van der Waals surface area contributed by atoms with Gasteiger partial charge in [-0.3, -0.25) is 4.79 Å². The zero-order valence-electron chi connectivity index (χ0n) is 11.6. The first-order valence-corrected chi connectivity index (χ1v) is 8.32. The highest BCUT2D eigenvalue weighted by molar-refractivity contribution is 9.10. The number of carbonyl (C=O) groups is 1. The fourth-order valence-corrected chi connectivity index (χ4v) is 4.14. The van der Waals surface area contributed by atoms with E-state index < -0.39 is 0 Å². The van der Waals surface area contributed by atoms with Crippen molar-refractivity contribution < 1.29 is 4.79 Å². The first kappa shape index (κ1) is 13.9. The van der Waals surface area contributed by atoms with Crippen molar-refractivity contribution in [2.75, 3.05) is 12.3 Å². The van der Waals surface area contributed by atoms with Crippen LogP contribution in [-0.4, -0.2) is 23.4 Å². The van der Waals surface area contributed by atoms with E-state index in [0.717, 1.165) is 23.9 Å². The van der Waals surface area contributed by atoms with Gasteiger partial charge < -0.3 is 10.6 Å². The summed E-state index contributed by atoms with van der Waals surface area (Å²) in [6.07, 6.45) is 7.43. The third-order valence-corrected chi connectivity index (χ3v) is 5.24. The molecular weight excluding hydrogens is 316 g/mol. The van der Waals surface area contributed by atoms with Crippen molar-refractivity contribution >= 4 is 27.5 Å². The lowest BCUT2D eigenvalue weighted by Gasteiger charge is -2.44. The Kier molecular flexibility index (Phi) is 4.01. The number of carbonyl (C=O) groups excluding carboxylic acids is 1. The fraction of sp³-hybridized carbons (Fsp3) is 0.562. The van der Waals surface area contributed by atoms with Crippen molar-refractivity contribution in [3.63, 3.8) is 0 Å². The minimum Gasteiger partial charge on any atom is -0.398 e. The third kappa shape index (κ3) is 2.58. The lowest BCUT2D eigenvalue weighted by Crippen LogP contribution is -2.49. The average molecular weight is 337 g/mol. The van der Waals surface area contributed by atoms with Gasteiger partial charge in [0.15, 0.2) is 0 Å². The number of anilines is 1. The molecule has 0 unspecified atom stereocenters. The molecule has 1 saturated heterocycles. The van der Waals surface area contributed by atoms with Crippen molar-refractivity contribution in [3.05, 3.63) is 28.2 Å². The van der Waals surface area contributed by atoms with Crippen molar-refractivity contribution in [1.82, 2.24) is 4.90 Å². The van der Waals surface area contributed by atoms with Crippen LogP contribution >= 0.6 is 15.9 Å². The Bertz CT molecular complexity index is 515. The van der Waals surface area contributed by atoms with Gasteiger partial charge in [0.1, 0.15) is 0 Å². The van der Waals surface area contributed by atoms with Gasteiger partial charge in [0.05, 0.1) is 5.56 Å². The van der Waals surface area contributed by atoms with Crippen LogP contribution < -0.4 is 5.73 Å². The Balaban J connectivity index is 1.85. The highest BCUT2D eigenvalue weighted by atomic mass is 79.9. The maximum Gasteiger partial charge on any atom is 0.256 e. The molecule has 2 aliphatic rings. The summed E-state index contributed by atoms with van der Waals surface area (Å²) in [6.45, 7) is 0.884. The van der Waals surface area contributed by atoms with E-state index in [1.807, 2.05) is 18.2 Å². The molecule has 1 aromatic rings. The number of piperidine rings is 1. The number of halogens is 1. The zero-order valence-corrected chi connectivity index (χ0v) is 13.2. The molecule has 1 aliphatic carbocycles. The summed E-state index contributed by atoms with van der Waals surface area (Å²) in [4.78, 5) is 14.9. The van der Waals surface area contributed by atoms with E-state index in [2.05, 4.69) is 20.8 Å². The molecule has 108 valence electrons. The second-order valence-electron chi connectivity index (χ2n) is 5.98. The number of nitrogens with two attached hydrogens (primary N) is 1. The predicted octanol–water partition coefficient (Wildman–Crippen LogP) is 3.83. The highest BCUT2D eigenvalue weighted by Gasteiger charge is 2.36. The number of hydrogen-bond donors (Lipinski definition) is 1. The lowest BCUT2D eigenvalue weighted by atomic mass is 9.78. The van der Waals surface area contributed by atoms with Gasteiger partial charge >= 0.3 is 0 Å². The van der Waals surface area contributed by atoms with Crippen LogP contribution in [0.2, 0.25) is 0 Å². The molecule has 4 heteroatoms. The van der Waals surface area contributed by atoms with Gasteiger partial charge in [-0.2, -0.15) is 0 Å². The molecule has 2 atom stereocenters. The molecular formula is C16H21BrN2O. The second kappa shape index (κ2) is 5.76. The summed E-state index contributed by atoms with van der Waals surface area (Å²) in [5.41, 5.74) is 7.24. The topological polar surface area (TPSA) is 46.3 Å². The van der Waals surface area contributed by atoms with Crippen molar-refractivity contribution in [3.8, 4) is 0 Å². The first-order valence-electron chi connectivity index (χ1n) is 7.53. The molecule has 1 amide bonds. The average Bonchev–Trinajstić information content (AvgIpc) is 2.46. The number of likely N-dealkylation sites (tertiary alicyclic amines) is 1. The standard InChI is InChI=1S/C16H21BrN2O/c17-12-7-8-13(14(18)10-12)16(20)19-9-3-5-11-4-1-2-6-15(11)19/h7-8,10-11,15H,1-6,9,18H2/t11-,15-/m1/s1. The summed E-state index contributed by atoms with van der Waals surface area (Å²) in [6, 6.07) is 5.99. The lowest BCUT2D eigenvalue weighted by molar-refractivity contribution is 0.0391. The van der Waals surface area contributed by atoms with Gasteiger partial charge in [0.25, 0.3) is 5.91 Å². The molecule has 20 heavy (non-hydrogen) atoms. The van der Waals surface area contributed by atoms with E-state index in [1.165, 1.54) is 25.7 Å². The van der Waals surface area contributed by atoms with E-state index in [-0.39, 0.29) is 5.91 Å². The third-order valence-electron chi connectivity index (χ3n) is 4.75. The maximum atomic E-state index is 12.8. The Labute approximate surface area is 128 Å². The monoisotopic (exact) mass is 336 g/mol. The van der Waals surface area contributed by atoms with Crippen molar-refractivity contribution in [2.24, 2.45) is 5.92 Å². The van der Waals surface area contributed by atoms with Crippen LogP contribution in [-0.2, 0) is 0 Å². The molecule has 3 nitrogen and oxygen atoms in total. The number of rotatable bonds is 1. The van der Waals surface area contributed by atoms with Gasteiger partial charge in [-0.1, -0.05) is 28.8 Å². The van der Waals surface area contributed by atoms with Crippen molar-refractivity contribution in [1.29, 1.82) is 0 Å². The number of nitrogens with zero attached hydrogens (tertiary/aromatic N) is 1. The van der Waals surface area contributed by atoms with Crippen LogP contribution in [0.4, 0.5) is 5.69 Å². The van der Waals surface area contributed by atoms with Crippen LogP contribution in [0.1, 0.15) is 48.9 Å². The Morgan fingerprint density at radius 2 is 1.95 bits per heavy atom. The molecule has 0 bridgehead atoms. The van der Waals surface area contributed by atoms with Gasteiger partial charge in [-0.15, -0.1) is 0 Å². The predicted molar refractivity (Wildman–Crippen MR) is 84.6 cm³/mol. The highest BCUT2D eigenvalue weighted by Crippen LogP contribution is 2.36. The van der Waals surface area contributed by atoms with Gasteiger partial charge in [-0.25, -0.2) is 0 Å². The number of hydrogen-bond acceptors (Lipinski definition) is 2. The summed E-state index contributed by atoms with van der Waals surface area (Å²) in [7, 11) is 0. The van der Waals surface area contributed by atoms with E-state index >= 15 is 0 Å². The van der Waals surface area contributed by atoms with Crippen LogP contribution in [0.3, 0.4) is 0 Å². The van der Waals surface area contributed by atoms with E-state index in [0.29, 0.717) is 23.2 Å². The molecule has 1 heterocycles. The SMILES string of the molecule is Nc1cc(Br)ccc1C(=O)N1CCC[C@H]2CCCC[C@H]21. The summed E-state index contributed by atoms with van der Waals surface area (Å²) >= 11 is 3.39. The molecule has 3 rings (SSSR count). The minimum atomic E-state index is 0.117. The number of amides is 1. The molecule has 1 aliphatic heterocycles. The largest absolute Gasteiger partial charge is 0.398 e. The summed E-state index contributed by atoms with van der Waals surface area (Å²) in [5, 5.41) is 0. The zero-order chi connectivity index (χ0) is 14.1. The van der Waals surface area contributed by atoms with Crippen LogP contribution in [0, 0.1) is 5.92 Å². The molecule has 1 aromatic carbocycles. The number of benzene rings is 1. The molecule has 2 N–H and O–H groups in total. The summed E-state index contributed by atoms with van der Waals surface area (Å²) < 4.78 is 0.917. The minimum absolute atomic E-state index is 0.117. The van der Waals surface area contributed by atoms with Gasteiger partial charge in [0, 0.05) is 22.7 Å². The number of nitrogen functional groups attached to an aromatic ring is 1. The Morgan fingerprint density at radius 3 is 2.75 bits per heavy atom. The Hall–Kier alpha value is -1.03. The summed E-state index contributed by atoms with van der Waals surface area (Å²) in [5.74, 6) is 0.824. The van der Waals surface area contributed by atoms with Crippen molar-refractivity contribution in [2.45, 2.75) is 44.6 Å². The maximum absolute atomic E-state index is 12.8. The molecule has 0 radical (unpaired) electrons. The van der Waals surface area contributed by atoms with E-state index in [4.69, 9.17) is 5.73 Å². The molecule has 1 saturated carbocycles. The normalized spacial score (nSPS) is 26.1. The molecule has 0 aromatic heterocycles. The number of fused-ring (bicyclic) bond motifs is 1. The van der Waals surface area contributed by atoms with Crippen LogP contribution in [0.5, 0.6) is 0 Å². The van der Waals surface area contributed by atoms with Crippen LogP contribution in [0.25, 0.3) is 0 Å². The molecule has 0 spiro atoms.